The molecule has 1 aliphatic rings. The number of piperidine rings is 1. The van der Waals surface area contributed by atoms with Crippen LogP contribution < -0.4 is 10.1 Å². The van der Waals surface area contributed by atoms with Gasteiger partial charge in [-0.25, -0.2) is 0 Å². The molecule has 0 spiro atoms. The molecule has 3 atom stereocenters. The number of aliphatic carboxylic acids is 1. The number of hydrogen-bond acceptors (Lipinski definition) is 5. The van der Waals surface area contributed by atoms with Gasteiger partial charge < -0.3 is 24.8 Å². The third kappa shape index (κ3) is 6.45. The highest BCUT2D eigenvalue weighted by Crippen LogP contribution is 2.23. The first-order valence-electron chi connectivity index (χ1n) is 10.2. The van der Waals surface area contributed by atoms with Crippen molar-refractivity contribution in [2.75, 3.05) is 20.3 Å². The Balaban J connectivity index is 1.94. The number of rotatable bonds is 9. The van der Waals surface area contributed by atoms with E-state index in [9.17, 15) is 14.4 Å². The van der Waals surface area contributed by atoms with Gasteiger partial charge in [0.25, 0.3) is 11.8 Å². The van der Waals surface area contributed by atoms with E-state index in [4.69, 9.17) is 14.6 Å². The van der Waals surface area contributed by atoms with E-state index in [0.717, 1.165) is 19.3 Å². The molecule has 1 aliphatic heterocycles. The van der Waals surface area contributed by atoms with Crippen LogP contribution in [0.25, 0.3) is 0 Å². The molecule has 2 amide bonds. The number of methoxy groups -OCH3 is 1. The second-order valence-corrected chi connectivity index (χ2v) is 8.26. The fourth-order valence-corrected chi connectivity index (χ4v) is 3.96. The number of hydrogen-bond donors (Lipinski definition) is 2. The summed E-state index contributed by atoms with van der Waals surface area (Å²) >= 11 is 0. The minimum Gasteiger partial charge on any atom is -0.484 e. The topological polar surface area (TPSA) is 105 Å². The maximum atomic E-state index is 12.6. The molecule has 0 unspecified atom stereocenters. The lowest BCUT2D eigenvalue weighted by atomic mass is 9.97. The third-order valence-corrected chi connectivity index (χ3v) is 5.38. The van der Waals surface area contributed by atoms with Crippen LogP contribution >= 0.6 is 0 Å². The monoisotopic (exact) mass is 420 g/mol. The molecule has 30 heavy (non-hydrogen) atoms. The Morgan fingerprint density at radius 2 is 1.77 bits per heavy atom. The molecular weight excluding hydrogens is 388 g/mol. The number of nitrogens with one attached hydrogen (secondary N) is 1. The van der Waals surface area contributed by atoms with Gasteiger partial charge in [-0.05, 0) is 64.3 Å². The zero-order chi connectivity index (χ0) is 22.3. The molecule has 1 heterocycles. The van der Waals surface area contributed by atoms with E-state index < -0.39 is 17.4 Å². The van der Waals surface area contributed by atoms with E-state index in [1.165, 1.54) is 7.11 Å². The van der Waals surface area contributed by atoms with Crippen LogP contribution in [0.5, 0.6) is 5.75 Å². The number of carbonyl (C=O) groups excluding carboxylic acids is 2. The second kappa shape index (κ2) is 10.4. The summed E-state index contributed by atoms with van der Waals surface area (Å²) in [5, 5.41) is 11.8. The molecule has 0 bridgehead atoms. The normalized spacial score (nSPS) is 20.9. The summed E-state index contributed by atoms with van der Waals surface area (Å²) in [6, 6.07) is 6.82. The summed E-state index contributed by atoms with van der Waals surface area (Å²) in [6.07, 6.45) is 2.88. The van der Waals surface area contributed by atoms with Crippen LogP contribution in [0.15, 0.2) is 24.3 Å². The Bertz CT molecular complexity index is 740. The van der Waals surface area contributed by atoms with E-state index in [1.807, 2.05) is 4.90 Å². The van der Waals surface area contributed by atoms with Crippen LogP contribution in [0.4, 0.5) is 0 Å². The van der Waals surface area contributed by atoms with Gasteiger partial charge in [-0.1, -0.05) is 0 Å². The number of benzene rings is 1. The Hall–Kier alpha value is -2.61. The summed E-state index contributed by atoms with van der Waals surface area (Å²) in [4.78, 5) is 38.0. The summed E-state index contributed by atoms with van der Waals surface area (Å²) in [5.74, 6) is -0.988. The maximum Gasteiger partial charge on any atom is 0.305 e. The quantitative estimate of drug-likeness (QED) is 0.636. The number of nitrogens with zero attached hydrogens (tertiary/aromatic N) is 1. The molecular formula is C22H32N2O6. The lowest BCUT2D eigenvalue weighted by Gasteiger charge is -2.38. The Morgan fingerprint density at radius 3 is 2.30 bits per heavy atom. The lowest BCUT2D eigenvalue weighted by molar-refractivity contribution is -0.140. The van der Waals surface area contributed by atoms with E-state index in [0.29, 0.717) is 11.3 Å². The fourth-order valence-electron chi connectivity index (χ4n) is 3.96. The summed E-state index contributed by atoms with van der Waals surface area (Å²) in [7, 11) is 1.45. The number of likely N-dealkylation sites (tertiary alicyclic amines) is 1. The Kier molecular flexibility index (Phi) is 8.23. The number of carboxylic acids is 1. The van der Waals surface area contributed by atoms with Gasteiger partial charge in [0.15, 0.2) is 6.61 Å². The highest BCUT2D eigenvalue weighted by molar-refractivity contribution is 5.95. The minimum atomic E-state index is -1.03. The van der Waals surface area contributed by atoms with Crippen molar-refractivity contribution in [1.29, 1.82) is 0 Å². The first-order valence-corrected chi connectivity index (χ1v) is 10.2. The van der Waals surface area contributed by atoms with Crippen LogP contribution in [0.1, 0.15) is 56.8 Å². The molecule has 1 saturated heterocycles. The molecule has 1 fully saturated rings. The van der Waals surface area contributed by atoms with Crippen LogP contribution in [0.3, 0.4) is 0 Å². The van der Waals surface area contributed by atoms with Crippen LogP contribution in [-0.4, -0.2) is 65.7 Å². The number of amides is 2. The molecule has 8 heteroatoms. The van der Waals surface area contributed by atoms with Crippen molar-refractivity contribution in [2.24, 2.45) is 0 Å². The van der Waals surface area contributed by atoms with Crippen molar-refractivity contribution in [1.82, 2.24) is 10.2 Å². The van der Waals surface area contributed by atoms with Crippen molar-refractivity contribution >= 4 is 17.8 Å². The van der Waals surface area contributed by atoms with Gasteiger partial charge in [-0.3, -0.25) is 14.4 Å². The molecule has 2 rings (SSSR count). The number of carbonyl (C=O) groups is 3. The predicted molar refractivity (Wildman–Crippen MR) is 112 cm³/mol. The van der Waals surface area contributed by atoms with Crippen molar-refractivity contribution in [3.63, 3.8) is 0 Å². The van der Waals surface area contributed by atoms with E-state index in [1.54, 1.807) is 31.2 Å². The van der Waals surface area contributed by atoms with Gasteiger partial charge in [-0.15, -0.1) is 0 Å². The molecule has 0 saturated carbocycles. The van der Waals surface area contributed by atoms with Crippen molar-refractivity contribution < 1.29 is 29.0 Å². The third-order valence-electron chi connectivity index (χ3n) is 5.38. The highest BCUT2D eigenvalue weighted by atomic mass is 16.5. The van der Waals surface area contributed by atoms with E-state index in [-0.39, 0.29) is 37.6 Å². The summed E-state index contributed by atoms with van der Waals surface area (Å²) in [5.41, 5.74) is -0.666. The van der Waals surface area contributed by atoms with E-state index >= 15 is 0 Å². The van der Waals surface area contributed by atoms with Crippen molar-refractivity contribution in [3.8, 4) is 5.75 Å². The van der Waals surface area contributed by atoms with Gasteiger partial charge in [0.05, 0.1) is 18.6 Å². The first-order chi connectivity index (χ1) is 14.1. The minimum absolute atomic E-state index is 0.0412. The standard InChI is InChI=1S/C22H32N2O6/c1-15-6-5-7-16(2)24(15)19(25)13-30-18-10-8-17(9-11-18)21(28)23-22(3,14-29-4)12-20(26)27/h8-11,15-16H,5-7,12-14H2,1-4H3,(H,23,28)(H,26,27)/t15-,16+,22-/m0/s1. The maximum absolute atomic E-state index is 12.6. The Morgan fingerprint density at radius 1 is 1.17 bits per heavy atom. The average molecular weight is 421 g/mol. The second-order valence-electron chi connectivity index (χ2n) is 8.26. The van der Waals surface area contributed by atoms with Gasteiger partial charge in [0.2, 0.25) is 0 Å². The van der Waals surface area contributed by atoms with Crippen molar-refractivity contribution in [3.05, 3.63) is 29.8 Å². The van der Waals surface area contributed by atoms with Gasteiger partial charge in [-0.2, -0.15) is 0 Å². The molecule has 1 aromatic carbocycles. The number of carboxylic acid groups (broad SMARTS) is 1. The molecule has 1 aromatic rings. The largest absolute Gasteiger partial charge is 0.484 e. The van der Waals surface area contributed by atoms with Crippen LogP contribution in [0.2, 0.25) is 0 Å². The predicted octanol–water partition coefficient (Wildman–Crippen LogP) is 2.46. The van der Waals surface area contributed by atoms with E-state index in [2.05, 4.69) is 19.2 Å². The van der Waals surface area contributed by atoms with Gasteiger partial charge in [0, 0.05) is 24.8 Å². The SMILES string of the molecule is COC[C@](C)(CC(=O)O)NC(=O)c1ccc(OCC(=O)N2[C@H](C)CCC[C@@H]2C)cc1. The number of ether oxygens (including phenoxy) is 2. The molecule has 0 aromatic heterocycles. The molecule has 166 valence electrons. The summed E-state index contributed by atoms with van der Waals surface area (Å²) < 4.78 is 10.7. The van der Waals surface area contributed by atoms with Crippen molar-refractivity contribution in [2.45, 2.75) is 64.1 Å². The molecule has 0 aliphatic carbocycles. The first kappa shape index (κ1) is 23.7. The zero-order valence-electron chi connectivity index (χ0n) is 18.1. The van der Waals surface area contributed by atoms with Crippen LogP contribution in [-0.2, 0) is 14.3 Å². The summed E-state index contributed by atoms with van der Waals surface area (Å²) in [6.45, 7) is 5.76. The van der Waals surface area contributed by atoms with Gasteiger partial charge >= 0.3 is 5.97 Å². The highest BCUT2D eigenvalue weighted by Gasteiger charge is 2.30. The Labute approximate surface area is 177 Å². The van der Waals surface area contributed by atoms with Gasteiger partial charge in [0.1, 0.15) is 5.75 Å². The smallest absolute Gasteiger partial charge is 0.305 e. The average Bonchev–Trinajstić information content (AvgIpc) is 2.66. The van der Waals surface area contributed by atoms with Crippen LogP contribution in [0, 0.1) is 0 Å². The molecule has 8 nitrogen and oxygen atoms in total. The fraction of sp³-hybridized carbons (Fsp3) is 0.591. The molecule has 0 radical (unpaired) electrons. The molecule has 2 N–H and O–H groups in total. The zero-order valence-corrected chi connectivity index (χ0v) is 18.1. The lowest BCUT2D eigenvalue weighted by Crippen LogP contribution is -2.50.